The van der Waals surface area contributed by atoms with Gasteiger partial charge in [0.1, 0.15) is 0 Å². The minimum absolute atomic E-state index is 0.0196. The van der Waals surface area contributed by atoms with Crippen LogP contribution in [-0.4, -0.2) is 11.8 Å². The van der Waals surface area contributed by atoms with Gasteiger partial charge in [0.05, 0.1) is 5.54 Å². The summed E-state index contributed by atoms with van der Waals surface area (Å²) < 4.78 is 0. The highest BCUT2D eigenvalue weighted by atomic mass is 14.8. The molecule has 0 unspecified atom stereocenters. The van der Waals surface area contributed by atoms with E-state index in [1.807, 2.05) is 6.21 Å². The maximum Gasteiger partial charge on any atom is 0.0734 e. The van der Waals surface area contributed by atoms with Crippen LogP contribution < -0.4 is 0 Å². The lowest BCUT2D eigenvalue weighted by molar-refractivity contribution is 0.662. The van der Waals surface area contributed by atoms with Gasteiger partial charge < -0.3 is 0 Å². The first kappa shape index (κ1) is 7.26. The highest BCUT2D eigenvalue weighted by Gasteiger charge is 2.10. The maximum atomic E-state index is 4.36. The summed E-state index contributed by atoms with van der Waals surface area (Å²) in [5.41, 5.74) is 1.19. The zero-order chi connectivity index (χ0) is 7.61. The Hall–Kier alpha value is -0.850. The van der Waals surface area contributed by atoms with E-state index >= 15 is 0 Å². The van der Waals surface area contributed by atoms with E-state index in [0.717, 1.165) is 0 Å². The Morgan fingerprint density at radius 1 is 1.40 bits per heavy atom. The topological polar surface area (TPSA) is 12.4 Å². The highest BCUT2D eigenvalue weighted by molar-refractivity contribution is 5.79. The standard InChI is InChI=1S/C9H13N/c1-8-5-4-6-9(2,3)10-7-8/h4-7H,1-3H3. The lowest BCUT2D eigenvalue weighted by Gasteiger charge is -2.11. The van der Waals surface area contributed by atoms with Crippen molar-refractivity contribution < 1.29 is 0 Å². The summed E-state index contributed by atoms with van der Waals surface area (Å²) >= 11 is 0. The van der Waals surface area contributed by atoms with Gasteiger partial charge in [-0.05, 0) is 26.3 Å². The lowest BCUT2D eigenvalue weighted by atomic mass is 10.1. The van der Waals surface area contributed by atoms with Gasteiger partial charge in [0.2, 0.25) is 0 Å². The van der Waals surface area contributed by atoms with Crippen molar-refractivity contribution in [2.24, 2.45) is 4.99 Å². The lowest BCUT2D eigenvalue weighted by Crippen LogP contribution is -2.11. The van der Waals surface area contributed by atoms with Crippen LogP contribution in [0.5, 0.6) is 0 Å². The van der Waals surface area contributed by atoms with E-state index in [2.05, 4.69) is 44.0 Å². The van der Waals surface area contributed by atoms with Crippen LogP contribution in [0.15, 0.2) is 28.8 Å². The Labute approximate surface area is 62.2 Å². The molecule has 10 heavy (non-hydrogen) atoms. The van der Waals surface area contributed by atoms with Gasteiger partial charge in [0.15, 0.2) is 0 Å². The summed E-state index contributed by atoms with van der Waals surface area (Å²) in [6.07, 6.45) is 8.14. The molecule has 0 saturated carbocycles. The van der Waals surface area contributed by atoms with Crippen molar-refractivity contribution in [1.29, 1.82) is 0 Å². The van der Waals surface area contributed by atoms with Gasteiger partial charge in [-0.1, -0.05) is 18.2 Å². The fourth-order valence-corrected chi connectivity index (χ4v) is 0.790. The van der Waals surface area contributed by atoms with E-state index in [1.165, 1.54) is 5.57 Å². The third-order valence-electron chi connectivity index (χ3n) is 1.46. The molecule has 0 aromatic carbocycles. The number of hydrogen-bond donors (Lipinski definition) is 0. The first-order chi connectivity index (χ1) is 4.60. The van der Waals surface area contributed by atoms with Gasteiger partial charge in [0.25, 0.3) is 0 Å². The number of rotatable bonds is 0. The third kappa shape index (κ3) is 1.83. The molecule has 0 aliphatic carbocycles. The first-order valence-corrected chi connectivity index (χ1v) is 3.51. The largest absolute Gasteiger partial charge is 0.283 e. The zero-order valence-electron chi connectivity index (χ0n) is 6.76. The van der Waals surface area contributed by atoms with Crippen molar-refractivity contribution in [3.63, 3.8) is 0 Å². The van der Waals surface area contributed by atoms with Gasteiger partial charge in [-0.25, -0.2) is 0 Å². The van der Waals surface area contributed by atoms with E-state index in [-0.39, 0.29) is 5.54 Å². The van der Waals surface area contributed by atoms with E-state index < -0.39 is 0 Å². The monoisotopic (exact) mass is 135 g/mol. The molecule has 0 aromatic heterocycles. The predicted molar refractivity (Wildman–Crippen MR) is 45.5 cm³/mol. The van der Waals surface area contributed by atoms with Crippen LogP contribution in [0, 0.1) is 0 Å². The van der Waals surface area contributed by atoms with Crippen molar-refractivity contribution in [2.45, 2.75) is 26.3 Å². The number of hydrogen-bond acceptors (Lipinski definition) is 1. The smallest absolute Gasteiger partial charge is 0.0734 e. The third-order valence-corrected chi connectivity index (χ3v) is 1.46. The second-order valence-corrected chi connectivity index (χ2v) is 3.18. The van der Waals surface area contributed by atoms with Crippen molar-refractivity contribution in [3.8, 4) is 0 Å². The van der Waals surface area contributed by atoms with Gasteiger partial charge in [-0.15, -0.1) is 0 Å². The van der Waals surface area contributed by atoms with Gasteiger partial charge in [-0.3, -0.25) is 4.99 Å². The van der Waals surface area contributed by atoms with Gasteiger partial charge in [-0.2, -0.15) is 0 Å². The molecular formula is C9H13N. The van der Waals surface area contributed by atoms with Crippen LogP contribution in [0.1, 0.15) is 20.8 Å². The molecule has 0 spiro atoms. The van der Waals surface area contributed by atoms with E-state index in [0.29, 0.717) is 0 Å². The average molecular weight is 135 g/mol. The molecule has 0 saturated heterocycles. The quantitative estimate of drug-likeness (QED) is 0.483. The molecule has 1 aliphatic rings. The van der Waals surface area contributed by atoms with E-state index in [4.69, 9.17) is 0 Å². The molecule has 0 atom stereocenters. The Morgan fingerprint density at radius 2 is 2.10 bits per heavy atom. The SMILES string of the molecule is CC1=CC=CC(C)(C)N=C1. The van der Waals surface area contributed by atoms with Crippen LogP contribution in [0.2, 0.25) is 0 Å². The van der Waals surface area contributed by atoms with Crippen LogP contribution in [0.3, 0.4) is 0 Å². The minimum atomic E-state index is -0.0196. The Balaban J connectivity index is 2.88. The molecule has 54 valence electrons. The molecule has 0 bridgehead atoms. The molecule has 0 N–H and O–H groups in total. The summed E-state index contributed by atoms with van der Waals surface area (Å²) in [6, 6.07) is 0. The summed E-state index contributed by atoms with van der Waals surface area (Å²) in [5.74, 6) is 0. The molecule has 1 nitrogen and oxygen atoms in total. The fourth-order valence-electron chi connectivity index (χ4n) is 0.790. The molecule has 1 heterocycles. The van der Waals surface area contributed by atoms with E-state index in [9.17, 15) is 0 Å². The van der Waals surface area contributed by atoms with Crippen LogP contribution in [0.4, 0.5) is 0 Å². The van der Waals surface area contributed by atoms with E-state index in [1.54, 1.807) is 0 Å². The Kier molecular flexibility index (Phi) is 1.75. The number of allylic oxidation sites excluding steroid dienone is 3. The zero-order valence-corrected chi connectivity index (χ0v) is 6.76. The fraction of sp³-hybridized carbons (Fsp3) is 0.444. The Bertz CT molecular complexity index is 207. The summed E-state index contributed by atoms with van der Waals surface area (Å²) in [6.45, 7) is 6.23. The first-order valence-electron chi connectivity index (χ1n) is 3.51. The molecule has 1 rings (SSSR count). The minimum Gasteiger partial charge on any atom is -0.283 e. The van der Waals surface area contributed by atoms with Crippen LogP contribution >= 0.6 is 0 Å². The normalized spacial score (nSPS) is 22.1. The highest BCUT2D eigenvalue weighted by Crippen LogP contribution is 2.13. The van der Waals surface area contributed by atoms with Gasteiger partial charge >= 0.3 is 0 Å². The number of aliphatic imine (C=N–C) groups is 1. The summed E-state index contributed by atoms with van der Waals surface area (Å²) in [5, 5.41) is 0. The average Bonchev–Trinajstić information content (AvgIpc) is 1.94. The van der Waals surface area contributed by atoms with Gasteiger partial charge in [0, 0.05) is 6.21 Å². The molecule has 0 amide bonds. The molecule has 0 fully saturated rings. The second kappa shape index (κ2) is 2.41. The second-order valence-electron chi connectivity index (χ2n) is 3.18. The van der Waals surface area contributed by atoms with Crippen molar-refractivity contribution in [3.05, 3.63) is 23.8 Å². The summed E-state index contributed by atoms with van der Waals surface area (Å²) in [4.78, 5) is 4.36. The molecule has 0 aromatic rings. The van der Waals surface area contributed by atoms with Crippen LogP contribution in [-0.2, 0) is 0 Å². The maximum absolute atomic E-state index is 4.36. The molecule has 0 radical (unpaired) electrons. The molecule has 1 aliphatic heterocycles. The van der Waals surface area contributed by atoms with Crippen molar-refractivity contribution >= 4 is 6.21 Å². The Morgan fingerprint density at radius 3 is 2.80 bits per heavy atom. The summed E-state index contributed by atoms with van der Waals surface area (Å²) in [7, 11) is 0. The predicted octanol–water partition coefficient (Wildman–Crippen LogP) is 2.35. The number of nitrogens with zero attached hydrogens (tertiary/aromatic N) is 1. The molecular weight excluding hydrogens is 122 g/mol. The molecule has 1 heteroatoms. The van der Waals surface area contributed by atoms with Crippen molar-refractivity contribution in [1.82, 2.24) is 0 Å². The van der Waals surface area contributed by atoms with Crippen molar-refractivity contribution in [2.75, 3.05) is 0 Å². The van der Waals surface area contributed by atoms with Crippen LogP contribution in [0.25, 0.3) is 0 Å².